The van der Waals surface area contributed by atoms with Crippen LogP contribution in [0.25, 0.3) is 0 Å². The number of furan rings is 1. The van der Waals surface area contributed by atoms with Crippen molar-refractivity contribution < 1.29 is 24.0 Å². The Morgan fingerprint density at radius 2 is 2.03 bits per heavy atom. The van der Waals surface area contributed by atoms with Crippen LogP contribution in [0.2, 0.25) is 0 Å². The van der Waals surface area contributed by atoms with Crippen LogP contribution >= 0.6 is 11.3 Å². The number of amides is 2. The molecule has 0 fully saturated rings. The molecule has 0 aliphatic heterocycles. The summed E-state index contributed by atoms with van der Waals surface area (Å²) in [6.07, 6.45) is 0.550. The second-order valence-electron chi connectivity index (χ2n) is 6.14. The van der Waals surface area contributed by atoms with E-state index in [1.54, 1.807) is 37.3 Å². The number of carbonyl (C=O) groups excluding carboxylic acids is 2. The molecule has 0 saturated carbocycles. The van der Waals surface area contributed by atoms with E-state index in [-0.39, 0.29) is 17.9 Å². The third-order valence-electron chi connectivity index (χ3n) is 3.99. The summed E-state index contributed by atoms with van der Waals surface area (Å²) in [5.41, 5.74) is 0.311. The number of aryl methyl sites for hydroxylation is 1. The molecule has 1 unspecified atom stereocenters. The van der Waals surface area contributed by atoms with Gasteiger partial charge in [0.05, 0.1) is 17.7 Å². The van der Waals surface area contributed by atoms with Gasteiger partial charge in [-0.2, -0.15) is 0 Å². The number of nitrogens with zero attached hydrogens (tertiary/aromatic N) is 1. The summed E-state index contributed by atoms with van der Waals surface area (Å²) in [5, 5.41) is 26.0. The summed E-state index contributed by atoms with van der Waals surface area (Å²) in [6, 6.07) is 11.0. The first-order valence-corrected chi connectivity index (χ1v) is 9.31. The highest BCUT2D eigenvalue weighted by atomic mass is 32.1. The van der Waals surface area contributed by atoms with Crippen molar-refractivity contribution >= 4 is 34.5 Å². The van der Waals surface area contributed by atoms with E-state index in [0.29, 0.717) is 21.1 Å². The number of nitro benzene ring substituents is 1. The Morgan fingerprint density at radius 3 is 2.72 bits per heavy atom. The molecule has 3 rings (SSSR count). The average Bonchev–Trinajstić information content (AvgIpc) is 3.38. The van der Waals surface area contributed by atoms with Crippen molar-refractivity contribution in [2.45, 2.75) is 19.6 Å². The first-order valence-electron chi connectivity index (χ1n) is 8.49. The molecule has 1 atom stereocenters. The van der Waals surface area contributed by atoms with Gasteiger partial charge in [-0.1, -0.05) is 6.07 Å². The van der Waals surface area contributed by atoms with Gasteiger partial charge >= 0.3 is 11.8 Å². The number of aliphatic hydroxyl groups is 1. The molecule has 0 saturated heterocycles. The van der Waals surface area contributed by atoms with Crippen LogP contribution in [0.4, 0.5) is 11.4 Å². The van der Waals surface area contributed by atoms with Gasteiger partial charge in [0.2, 0.25) is 0 Å². The van der Waals surface area contributed by atoms with E-state index in [1.165, 1.54) is 29.7 Å². The van der Waals surface area contributed by atoms with Crippen LogP contribution in [0.5, 0.6) is 0 Å². The number of nitrogens with one attached hydrogen (secondary N) is 2. The number of rotatable bonds is 6. The Labute approximate surface area is 169 Å². The topological polar surface area (TPSA) is 135 Å². The normalized spacial score (nSPS) is 11.7. The summed E-state index contributed by atoms with van der Waals surface area (Å²) in [4.78, 5) is 35.9. The van der Waals surface area contributed by atoms with Crippen molar-refractivity contribution in [3.05, 3.63) is 79.9 Å². The monoisotopic (exact) mass is 415 g/mol. The molecule has 0 aliphatic carbocycles. The number of anilines is 1. The van der Waals surface area contributed by atoms with Gasteiger partial charge in [0.25, 0.3) is 5.69 Å². The maximum absolute atomic E-state index is 12.1. The van der Waals surface area contributed by atoms with Crippen LogP contribution in [0.1, 0.15) is 27.2 Å². The fourth-order valence-corrected chi connectivity index (χ4v) is 3.50. The molecule has 2 aromatic heterocycles. The summed E-state index contributed by atoms with van der Waals surface area (Å²) < 4.78 is 5.17. The van der Waals surface area contributed by atoms with E-state index in [0.717, 1.165) is 0 Å². The Kier molecular flexibility index (Phi) is 6.05. The Balaban J connectivity index is 1.59. The molecule has 0 spiro atoms. The minimum absolute atomic E-state index is 0.0549. The SMILES string of the molecule is Cc1ccc(NC(=O)C(=O)NCc2ccc(C(O)c3ccco3)s2)c([N+](=O)[O-])c1. The van der Waals surface area contributed by atoms with Gasteiger partial charge in [-0.15, -0.1) is 11.3 Å². The predicted molar refractivity (Wildman–Crippen MR) is 105 cm³/mol. The maximum Gasteiger partial charge on any atom is 0.313 e. The molecule has 0 radical (unpaired) electrons. The van der Waals surface area contributed by atoms with Gasteiger partial charge in [0.15, 0.2) is 0 Å². The van der Waals surface area contributed by atoms with Crippen molar-refractivity contribution in [1.29, 1.82) is 0 Å². The fraction of sp³-hybridized carbons (Fsp3) is 0.158. The number of nitro groups is 1. The first kappa shape index (κ1) is 20.2. The second-order valence-corrected chi connectivity index (χ2v) is 7.34. The lowest BCUT2D eigenvalue weighted by atomic mass is 10.2. The van der Waals surface area contributed by atoms with Gasteiger partial charge in [-0.05, 0) is 42.8 Å². The lowest BCUT2D eigenvalue weighted by Gasteiger charge is -2.07. The van der Waals surface area contributed by atoms with Crippen molar-refractivity contribution in [2.24, 2.45) is 0 Å². The highest BCUT2D eigenvalue weighted by Crippen LogP contribution is 2.29. The molecule has 2 amide bonds. The lowest BCUT2D eigenvalue weighted by Crippen LogP contribution is -2.34. The highest BCUT2D eigenvalue weighted by molar-refractivity contribution is 7.12. The zero-order chi connectivity index (χ0) is 21.0. The van der Waals surface area contributed by atoms with Crippen molar-refractivity contribution in [2.75, 3.05) is 5.32 Å². The number of hydrogen-bond donors (Lipinski definition) is 3. The van der Waals surface area contributed by atoms with Crippen LogP contribution < -0.4 is 10.6 Å². The second kappa shape index (κ2) is 8.67. The number of carbonyl (C=O) groups is 2. The molecule has 150 valence electrons. The molecular formula is C19H17N3O6S. The number of hydrogen-bond acceptors (Lipinski definition) is 7. The van der Waals surface area contributed by atoms with E-state index in [9.17, 15) is 24.8 Å². The molecule has 9 nitrogen and oxygen atoms in total. The van der Waals surface area contributed by atoms with Crippen LogP contribution in [0, 0.1) is 17.0 Å². The van der Waals surface area contributed by atoms with E-state index in [1.807, 2.05) is 0 Å². The zero-order valence-corrected chi connectivity index (χ0v) is 16.1. The number of benzene rings is 1. The fourth-order valence-electron chi connectivity index (χ4n) is 2.55. The van der Waals surface area contributed by atoms with Gasteiger partial charge in [-0.25, -0.2) is 0 Å². The smallest absolute Gasteiger partial charge is 0.313 e. The minimum atomic E-state index is -1.01. The van der Waals surface area contributed by atoms with Gasteiger partial charge < -0.3 is 20.2 Å². The molecule has 3 N–H and O–H groups in total. The molecule has 2 heterocycles. The highest BCUT2D eigenvalue weighted by Gasteiger charge is 2.21. The van der Waals surface area contributed by atoms with E-state index < -0.39 is 22.8 Å². The molecule has 1 aromatic carbocycles. The third kappa shape index (κ3) is 4.86. The van der Waals surface area contributed by atoms with Crippen LogP contribution in [0.15, 0.2) is 53.1 Å². The van der Waals surface area contributed by atoms with Crippen molar-refractivity contribution in [1.82, 2.24) is 5.32 Å². The molecule has 29 heavy (non-hydrogen) atoms. The molecule has 3 aromatic rings. The maximum atomic E-state index is 12.1. The Hall–Kier alpha value is -3.50. The number of aliphatic hydroxyl groups excluding tert-OH is 1. The largest absolute Gasteiger partial charge is 0.466 e. The first-order chi connectivity index (χ1) is 13.8. The van der Waals surface area contributed by atoms with E-state index >= 15 is 0 Å². The molecular weight excluding hydrogens is 398 g/mol. The summed E-state index contributed by atoms with van der Waals surface area (Å²) in [6.45, 7) is 1.75. The zero-order valence-electron chi connectivity index (χ0n) is 15.2. The van der Waals surface area contributed by atoms with Gasteiger partial charge in [-0.3, -0.25) is 19.7 Å². The van der Waals surface area contributed by atoms with E-state index in [4.69, 9.17) is 4.42 Å². The summed E-state index contributed by atoms with van der Waals surface area (Å²) in [7, 11) is 0. The molecule has 0 aliphatic rings. The average molecular weight is 415 g/mol. The minimum Gasteiger partial charge on any atom is -0.466 e. The van der Waals surface area contributed by atoms with Gasteiger partial charge in [0.1, 0.15) is 17.6 Å². The van der Waals surface area contributed by atoms with Crippen molar-refractivity contribution in [3.63, 3.8) is 0 Å². The summed E-state index contributed by atoms with van der Waals surface area (Å²) >= 11 is 1.26. The van der Waals surface area contributed by atoms with Crippen molar-refractivity contribution in [3.8, 4) is 0 Å². The van der Waals surface area contributed by atoms with Gasteiger partial charge in [0, 0.05) is 15.8 Å². The van der Waals surface area contributed by atoms with Crippen LogP contribution in [-0.4, -0.2) is 21.8 Å². The predicted octanol–water partition coefficient (Wildman–Crippen LogP) is 2.89. The molecule has 0 bridgehead atoms. The third-order valence-corrected chi connectivity index (χ3v) is 5.13. The summed E-state index contributed by atoms with van der Waals surface area (Å²) in [5.74, 6) is -1.53. The molecule has 10 heteroatoms. The Morgan fingerprint density at radius 1 is 1.24 bits per heavy atom. The standard InChI is InChI=1S/C19H17N3O6S/c1-11-4-6-13(14(9-11)22(26)27)21-19(25)18(24)20-10-12-5-7-16(29-12)17(23)15-3-2-8-28-15/h2-9,17,23H,10H2,1H3,(H,20,24)(H,21,25). The van der Waals surface area contributed by atoms with Crippen LogP contribution in [-0.2, 0) is 16.1 Å². The van der Waals surface area contributed by atoms with Crippen LogP contribution in [0.3, 0.4) is 0 Å². The van der Waals surface area contributed by atoms with E-state index in [2.05, 4.69) is 10.6 Å². The number of thiophene rings is 1. The lowest BCUT2D eigenvalue weighted by molar-refractivity contribution is -0.384. The Bertz CT molecular complexity index is 1040. The quantitative estimate of drug-likeness (QED) is 0.322.